The van der Waals surface area contributed by atoms with E-state index >= 15 is 0 Å². The third kappa shape index (κ3) is 4.94. The Balaban J connectivity index is 1.60. The van der Waals surface area contributed by atoms with E-state index in [1.165, 1.54) is 0 Å². The molecule has 8 nitrogen and oxygen atoms in total. The van der Waals surface area contributed by atoms with Crippen molar-refractivity contribution in [2.75, 3.05) is 19.7 Å². The summed E-state index contributed by atoms with van der Waals surface area (Å²) in [7, 11) is 0. The number of amides is 4. The van der Waals surface area contributed by atoms with Crippen LogP contribution >= 0.6 is 0 Å². The summed E-state index contributed by atoms with van der Waals surface area (Å²) in [6.07, 6.45) is 0.116. The third-order valence-electron chi connectivity index (χ3n) is 4.96. The summed E-state index contributed by atoms with van der Waals surface area (Å²) < 4.78 is 5.08. The topological polar surface area (TPSA) is 105 Å². The second kappa shape index (κ2) is 9.39. The Hall–Kier alpha value is -3.42. The molecule has 1 aliphatic rings. The van der Waals surface area contributed by atoms with E-state index < -0.39 is 30.6 Å². The van der Waals surface area contributed by atoms with Gasteiger partial charge in [0.2, 0.25) is 5.91 Å². The molecule has 1 fully saturated rings. The van der Waals surface area contributed by atoms with Gasteiger partial charge in [-0.25, -0.2) is 9.59 Å². The molecule has 3 rings (SSSR count). The predicted molar refractivity (Wildman–Crippen MR) is 110 cm³/mol. The van der Waals surface area contributed by atoms with E-state index in [2.05, 4.69) is 10.6 Å². The summed E-state index contributed by atoms with van der Waals surface area (Å²) in [5, 5.41) is 7.24. The molecule has 0 unspecified atom stereocenters. The Bertz CT molecular complexity index is 967. The molecule has 2 aromatic rings. The molecule has 0 aromatic heterocycles. The first-order chi connectivity index (χ1) is 14.4. The van der Waals surface area contributed by atoms with E-state index in [-0.39, 0.29) is 24.8 Å². The van der Waals surface area contributed by atoms with Gasteiger partial charge in [0.1, 0.15) is 6.04 Å². The van der Waals surface area contributed by atoms with Crippen LogP contribution in [-0.2, 0) is 25.5 Å². The molecule has 1 saturated heterocycles. The lowest BCUT2D eigenvalue weighted by Crippen LogP contribution is -2.47. The largest absolute Gasteiger partial charge is 0.454 e. The van der Waals surface area contributed by atoms with Crippen molar-refractivity contribution in [1.82, 2.24) is 15.5 Å². The zero-order valence-electron chi connectivity index (χ0n) is 17.0. The standard InChI is InChI=1S/C22H25N3O5/c1-14(2)20(21(28)30-13-19(27)25-11-10-23-22(25)29)24-18(26)12-16-8-5-7-15-6-3-4-9-17(15)16/h3-9,14,20H,10-13H2,1-2H3,(H,23,29)(H,24,26)/t20-/m0/s1. The van der Waals surface area contributed by atoms with E-state index in [4.69, 9.17) is 4.74 Å². The molecule has 2 aromatic carbocycles. The van der Waals surface area contributed by atoms with Crippen molar-refractivity contribution < 1.29 is 23.9 Å². The maximum absolute atomic E-state index is 12.6. The van der Waals surface area contributed by atoms with Crippen molar-refractivity contribution in [3.63, 3.8) is 0 Å². The first-order valence-electron chi connectivity index (χ1n) is 9.87. The first kappa shape index (κ1) is 21.3. The highest BCUT2D eigenvalue weighted by Crippen LogP contribution is 2.19. The maximum Gasteiger partial charge on any atom is 0.329 e. The van der Waals surface area contributed by atoms with Crippen molar-refractivity contribution in [2.24, 2.45) is 5.92 Å². The van der Waals surface area contributed by atoms with Gasteiger partial charge in [0.15, 0.2) is 6.61 Å². The average Bonchev–Trinajstić information content (AvgIpc) is 3.16. The van der Waals surface area contributed by atoms with Crippen LogP contribution in [0.15, 0.2) is 42.5 Å². The summed E-state index contributed by atoms with van der Waals surface area (Å²) in [5.41, 5.74) is 0.858. The zero-order chi connectivity index (χ0) is 21.7. The van der Waals surface area contributed by atoms with Gasteiger partial charge in [0.05, 0.1) is 6.42 Å². The number of nitrogens with one attached hydrogen (secondary N) is 2. The number of carbonyl (C=O) groups is 4. The highest BCUT2D eigenvalue weighted by Gasteiger charge is 2.30. The minimum Gasteiger partial charge on any atom is -0.454 e. The van der Waals surface area contributed by atoms with E-state index in [1.807, 2.05) is 42.5 Å². The van der Waals surface area contributed by atoms with Gasteiger partial charge in [-0.15, -0.1) is 0 Å². The Morgan fingerprint density at radius 2 is 1.87 bits per heavy atom. The SMILES string of the molecule is CC(C)[C@H](NC(=O)Cc1cccc2ccccc12)C(=O)OCC(=O)N1CCNC1=O. The lowest BCUT2D eigenvalue weighted by molar-refractivity contribution is -0.154. The second-order valence-corrected chi connectivity index (χ2v) is 7.49. The molecule has 0 aliphatic carbocycles. The molecule has 0 spiro atoms. The fourth-order valence-corrected chi connectivity index (χ4v) is 3.35. The zero-order valence-corrected chi connectivity index (χ0v) is 17.0. The summed E-state index contributed by atoms with van der Waals surface area (Å²) in [6.45, 7) is 3.62. The minimum atomic E-state index is -0.896. The van der Waals surface area contributed by atoms with Crippen LogP contribution in [-0.4, -0.2) is 54.5 Å². The normalized spacial score (nSPS) is 14.5. The number of nitrogens with zero attached hydrogens (tertiary/aromatic N) is 1. The number of carbonyl (C=O) groups excluding carboxylic acids is 4. The van der Waals surface area contributed by atoms with Crippen LogP contribution in [0.1, 0.15) is 19.4 Å². The predicted octanol–water partition coefficient (Wildman–Crippen LogP) is 1.62. The van der Waals surface area contributed by atoms with E-state index in [0.29, 0.717) is 6.54 Å². The fraction of sp³-hybridized carbons (Fsp3) is 0.364. The molecule has 1 heterocycles. The average molecular weight is 411 g/mol. The summed E-state index contributed by atoms with van der Waals surface area (Å²) in [4.78, 5) is 49.6. The lowest BCUT2D eigenvalue weighted by atomic mass is 10.0. The van der Waals surface area contributed by atoms with Crippen LogP contribution in [0.4, 0.5) is 4.79 Å². The number of hydrogen-bond donors (Lipinski definition) is 2. The number of esters is 1. The Labute approximate surface area is 174 Å². The van der Waals surface area contributed by atoms with E-state index in [1.54, 1.807) is 13.8 Å². The van der Waals surface area contributed by atoms with Crippen molar-refractivity contribution in [1.29, 1.82) is 0 Å². The summed E-state index contributed by atoms with van der Waals surface area (Å²) >= 11 is 0. The third-order valence-corrected chi connectivity index (χ3v) is 4.96. The van der Waals surface area contributed by atoms with Crippen molar-refractivity contribution >= 4 is 34.6 Å². The van der Waals surface area contributed by atoms with Crippen molar-refractivity contribution in [3.8, 4) is 0 Å². The lowest BCUT2D eigenvalue weighted by Gasteiger charge is -2.21. The molecular formula is C22H25N3O5. The molecule has 30 heavy (non-hydrogen) atoms. The van der Waals surface area contributed by atoms with Crippen molar-refractivity contribution in [3.05, 3.63) is 48.0 Å². The minimum absolute atomic E-state index is 0.116. The van der Waals surface area contributed by atoms with Crippen LogP contribution in [0.5, 0.6) is 0 Å². The van der Waals surface area contributed by atoms with Crippen LogP contribution < -0.4 is 10.6 Å². The number of rotatable bonds is 7. The maximum atomic E-state index is 12.6. The molecule has 2 N–H and O–H groups in total. The molecule has 1 aliphatic heterocycles. The Morgan fingerprint density at radius 1 is 1.13 bits per heavy atom. The molecule has 0 bridgehead atoms. The number of benzene rings is 2. The second-order valence-electron chi connectivity index (χ2n) is 7.49. The molecule has 1 atom stereocenters. The van der Waals surface area contributed by atoms with Gasteiger partial charge < -0.3 is 15.4 Å². The van der Waals surface area contributed by atoms with Crippen LogP contribution in [0.2, 0.25) is 0 Å². The summed E-state index contributed by atoms with van der Waals surface area (Å²) in [5.74, 6) is -1.85. The molecular weight excluding hydrogens is 386 g/mol. The number of urea groups is 1. The number of ether oxygens (including phenoxy) is 1. The van der Waals surface area contributed by atoms with Gasteiger partial charge in [-0.3, -0.25) is 14.5 Å². The van der Waals surface area contributed by atoms with Gasteiger partial charge in [-0.05, 0) is 22.3 Å². The first-order valence-corrected chi connectivity index (χ1v) is 9.87. The van der Waals surface area contributed by atoms with Gasteiger partial charge >= 0.3 is 12.0 Å². The van der Waals surface area contributed by atoms with Gasteiger partial charge in [0.25, 0.3) is 5.91 Å². The Morgan fingerprint density at radius 3 is 2.57 bits per heavy atom. The van der Waals surface area contributed by atoms with Gasteiger partial charge in [0, 0.05) is 13.1 Å². The Kier molecular flexibility index (Phi) is 6.66. The quantitative estimate of drug-likeness (QED) is 0.674. The molecule has 0 radical (unpaired) electrons. The van der Waals surface area contributed by atoms with Crippen LogP contribution in [0.25, 0.3) is 10.8 Å². The number of fused-ring (bicyclic) bond motifs is 1. The monoisotopic (exact) mass is 411 g/mol. The van der Waals surface area contributed by atoms with Gasteiger partial charge in [-0.2, -0.15) is 0 Å². The van der Waals surface area contributed by atoms with Crippen LogP contribution in [0.3, 0.4) is 0 Å². The molecule has 4 amide bonds. The molecule has 0 saturated carbocycles. The van der Waals surface area contributed by atoms with E-state index in [0.717, 1.165) is 21.2 Å². The van der Waals surface area contributed by atoms with E-state index in [9.17, 15) is 19.2 Å². The molecule has 8 heteroatoms. The van der Waals surface area contributed by atoms with Gasteiger partial charge in [-0.1, -0.05) is 56.3 Å². The smallest absolute Gasteiger partial charge is 0.329 e. The fourth-order valence-electron chi connectivity index (χ4n) is 3.35. The number of hydrogen-bond acceptors (Lipinski definition) is 5. The molecule has 158 valence electrons. The highest BCUT2D eigenvalue weighted by atomic mass is 16.5. The number of imide groups is 1. The summed E-state index contributed by atoms with van der Waals surface area (Å²) in [6, 6.07) is 12.1. The van der Waals surface area contributed by atoms with Crippen LogP contribution in [0, 0.1) is 5.92 Å². The van der Waals surface area contributed by atoms with Crippen molar-refractivity contribution in [2.45, 2.75) is 26.3 Å². The highest BCUT2D eigenvalue weighted by molar-refractivity contribution is 5.97.